The molecule has 4 aromatic rings. The van der Waals surface area contributed by atoms with Crippen LogP contribution in [-0.2, 0) is 32.7 Å². The van der Waals surface area contributed by atoms with Crippen LogP contribution in [0.4, 0.5) is 13.2 Å². The predicted octanol–water partition coefficient (Wildman–Crippen LogP) is 4.82. The van der Waals surface area contributed by atoms with Gasteiger partial charge >= 0.3 is 12.1 Å². The Kier molecular flexibility index (Phi) is 10.2. The summed E-state index contributed by atoms with van der Waals surface area (Å²) in [5.74, 6) is -2.37. The monoisotopic (exact) mass is 662 g/mol. The molecule has 238 valence electrons. The molecular weight excluding hydrogens is 633 g/mol. The average Bonchev–Trinajstić information content (AvgIpc) is 3.62. The number of fused-ring (bicyclic) bond motifs is 1. The highest BCUT2D eigenvalue weighted by Crippen LogP contribution is 2.31. The van der Waals surface area contributed by atoms with Gasteiger partial charge in [-0.3, -0.25) is 10.2 Å². The smallest absolute Gasteiger partial charge is 0.490 e. The molecule has 1 aromatic heterocycles. The average molecular weight is 663 g/mol. The molecule has 1 amide bonds. The molecule has 1 aliphatic heterocycles. The summed E-state index contributed by atoms with van der Waals surface area (Å²) in [4.78, 5) is 25.8. The van der Waals surface area contributed by atoms with Crippen LogP contribution in [0, 0.1) is 5.41 Å². The molecule has 5 rings (SSSR count). The Morgan fingerprint density at radius 3 is 2.36 bits per heavy atom. The highest BCUT2D eigenvalue weighted by Gasteiger charge is 2.42. The van der Waals surface area contributed by atoms with E-state index in [-0.39, 0.29) is 23.2 Å². The van der Waals surface area contributed by atoms with E-state index in [1.54, 1.807) is 42.3 Å². The number of nitrogens with one attached hydrogen (secondary N) is 1. The number of nitrogen functional groups attached to an aromatic ring is 1. The van der Waals surface area contributed by atoms with Gasteiger partial charge in [0.25, 0.3) is 0 Å². The number of carboxylic acids is 1. The van der Waals surface area contributed by atoms with Crippen LogP contribution < -0.4 is 10.5 Å². The third-order valence-corrected chi connectivity index (χ3v) is 9.89. The van der Waals surface area contributed by atoms with Gasteiger partial charge in [0.1, 0.15) is 17.6 Å². The Labute approximate surface area is 261 Å². The van der Waals surface area contributed by atoms with Gasteiger partial charge in [-0.1, -0.05) is 42.5 Å². The van der Waals surface area contributed by atoms with Gasteiger partial charge in [-0.2, -0.15) is 17.5 Å². The van der Waals surface area contributed by atoms with Crippen molar-refractivity contribution in [2.75, 3.05) is 13.7 Å². The van der Waals surface area contributed by atoms with Crippen molar-refractivity contribution in [2.24, 2.45) is 5.73 Å². The van der Waals surface area contributed by atoms with Crippen molar-refractivity contribution in [3.05, 3.63) is 94.2 Å². The van der Waals surface area contributed by atoms with Crippen LogP contribution in [0.5, 0.6) is 5.75 Å². The largest absolute Gasteiger partial charge is 0.497 e. The second-order valence-electron chi connectivity index (χ2n) is 9.96. The number of amides is 1. The van der Waals surface area contributed by atoms with Crippen molar-refractivity contribution in [2.45, 2.75) is 36.6 Å². The van der Waals surface area contributed by atoms with E-state index in [9.17, 15) is 26.4 Å². The second-order valence-corrected chi connectivity index (χ2v) is 13.0. The molecule has 45 heavy (non-hydrogen) atoms. The minimum atomic E-state index is -5.08. The number of hydrogen-bond donors (Lipinski definition) is 3. The zero-order valence-electron chi connectivity index (χ0n) is 23.8. The van der Waals surface area contributed by atoms with Gasteiger partial charge in [-0.15, -0.1) is 11.3 Å². The molecule has 15 heteroatoms. The fourth-order valence-electron chi connectivity index (χ4n) is 4.69. The lowest BCUT2D eigenvalue weighted by molar-refractivity contribution is -0.192. The maximum absolute atomic E-state index is 14.1. The van der Waals surface area contributed by atoms with Gasteiger partial charge in [0.2, 0.25) is 15.9 Å². The number of methoxy groups -OCH3 is 1. The number of aliphatic carboxylic acids is 1. The zero-order chi connectivity index (χ0) is 32.9. The van der Waals surface area contributed by atoms with E-state index < -0.39 is 28.2 Å². The van der Waals surface area contributed by atoms with E-state index in [0.29, 0.717) is 30.1 Å². The lowest BCUT2D eigenvalue weighted by Crippen LogP contribution is -2.44. The zero-order valence-corrected chi connectivity index (χ0v) is 25.5. The van der Waals surface area contributed by atoms with Crippen LogP contribution in [0.15, 0.2) is 83.8 Å². The highest BCUT2D eigenvalue weighted by atomic mass is 32.2. The third kappa shape index (κ3) is 7.98. The molecule has 1 fully saturated rings. The van der Waals surface area contributed by atoms with Gasteiger partial charge in [0.15, 0.2) is 0 Å². The van der Waals surface area contributed by atoms with Crippen molar-refractivity contribution in [1.29, 1.82) is 5.41 Å². The molecule has 1 atom stereocenters. The third-order valence-electron chi connectivity index (χ3n) is 6.94. The first-order chi connectivity index (χ1) is 21.2. The van der Waals surface area contributed by atoms with Gasteiger partial charge in [-0.05, 0) is 59.2 Å². The molecule has 0 saturated carbocycles. The van der Waals surface area contributed by atoms with Gasteiger partial charge in [0.05, 0.1) is 23.4 Å². The molecule has 0 unspecified atom stereocenters. The maximum Gasteiger partial charge on any atom is 0.490 e. The Balaban J connectivity index is 0.000000591. The second kappa shape index (κ2) is 13.7. The highest BCUT2D eigenvalue weighted by molar-refractivity contribution is 7.89. The molecule has 3 aromatic carbocycles. The van der Waals surface area contributed by atoms with E-state index in [1.807, 2.05) is 48.5 Å². The summed E-state index contributed by atoms with van der Waals surface area (Å²) in [6.07, 6.45) is -4.70. The number of rotatable bonds is 9. The van der Waals surface area contributed by atoms with Crippen LogP contribution in [0.2, 0.25) is 0 Å². The Morgan fingerprint density at radius 1 is 1.09 bits per heavy atom. The number of ether oxygens (including phenoxy) is 1. The summed E-state index contributed by atoms with van der Waals surface area (Å²) < 4.78 is 66.6. The number of carbonyl (C=O) groups is 2. The van der Waals surface area contributed by atoms with E-state index in [2.05, 4.69) is 0 Å². The summed E-state index contributed by atoms with van der Waals surface area (Å²) in [5, 5.41) is 16.4. The number of likely N-dealkylation sites (tertiary alicyclic amines) is 1. The number of thiophene rings is 1. The van der Waals surface area contributed by atoms with Crippen LogP contribution >= 0.6 is 11.3 Å². The Hall–Kier alpha value is -4.47. The maximum atomic E-state index is 14.1. The molecular formula is C30H29F3N4O6S2. The van der Waals surface area contributed by atoms with Gasteiger partial charge in [-0.25, -0.2) is 13.2 Å². The number of hydrogen-bond acceptors (Lipinski definition) is 7. The summed E-state index contributed by atoms with van der Waals surface area (Å²) >= 11 is 1.36. The molecule has 10 nitrogen and oxygen atoms in total. The van der Waals surface area contributed by atoms with E-state index in [1.165, 1.54) is 15.6 Å². The van der Waals surface area contributed by atoms with E-state index in [0.717, 1.165) is 21.2 Å². The van der Waals surface area contributed by atoms with Crippen molar-refractivity contribution in [3.8, 4) is 5.75 Å². The summed E-state index contributed by atoms with van der Waals surface area (Å²) in [6, 6.07) is 22.6. The molecule has 1 saturated heterocycles. The summed E-state index contributed by atoms with van der Waals surface area (Å²) in [5.41, 5.74) is 6.38. The topological polar surface area (TPSA) is 154 Å². The lowest BCUT2D eigenvalue weighted by atomic mass is 10.1. The van der Waals surface area contributed by atoms with E-state index >= 15 is 0 Å². The van der Waals surface area contributed by atoms with E-state index in [4.69, 9.17) is 25.8 Å². The fourth-order valence-corrected chi connectivity index (χ4v) is 7.22. The number of carboxylic acid groups (broad SMARTS) is 1. The van der Waals surface area contributed by atoms with Gasteiger partial charge < -0.3 is 20.5 Å². The van der Waals surface area contributed by atoms with Crippen LogP contribution in [0.25, 0.3) is 10.8 Å². The van der Waals surface area contributed by atoms with Crippen LogP contribution in [0.1, 0.15) is 21.7 Å². The Bertz CT molecular complexity index is 1810. The molecule has 0 aliphatic carbocycles. The molecule has 2 heterocycles. The number of halogens is 3. The van der Waals surface area contributed by atoms with Crippen LogP contribution in [-0.4, -0.2) is 66.3 Å². The van der Waals surface area contributed by atoms with Crippen LogP contribution in [0.3, 0.4) is 0 Å². The molecule has 0 spiro atoms. The first-order valence-corrected chi connectivity index (χ1v) is 15.6. The van der Waals surface area contributed by atoms with Crippen molar-refractivity contribution < 1.29 is 41.0 Å². The first-order valence-electron chi connectivity index (χ1n) is 13.4. The van der Waals surface area contributed by atoms with Gasteiger partial charge in [0, 0.05) is 18.0 Å². The number of nitrogens with two attached hydrogens (primary N) is 1. The fraction of sp³-hybridized carbons (Fsp3) is 0.233. The summed E-state index contributed by atoms with van der Waals surface area (Å²) in [6.45, 7) is 0.867. The normalized spacial score (nSPS) is 15.2. The summed E-state index contributed by atoms with van der Waals surface area (Å²) in [7, 11) is -2.46. The standard InChI is InChI=1S/C28H28N4O4S2.C2HF3O2/c1-36-22-9-7-20-8-11-24(16-21(20)15-22)38(34,35)32(17-19-5-3-2-4-6-19)25-13-14-31(28(25)33)18-23-10-12-26(37-23)27(29)30;3-2(4,5)1(6)7/h2-12,15-16,25H,13-14,17-18H2,1H3,(H3,29,30);(H,6,7)/t25-;/m0./s1. The molecule has 0 radical (unpaired) electrons. The van der Waals surface area contributed by atoms with Crippen molar-refractivity contribution in [1.82, 2.24) is 9.21 Å². The predicted molar refractivity (Wildman–Crippen MR) is 163 cm³/mol. The van der Waals surface area contributed by atoms with Crippen molar-refractivity contribution in [3.63, 3.8) is 0 Å². The number of amidine groups is 1. The quantitative estimate of drug-likeness (QED) is 0.172. The number of sulfonamides is 1. The minimum absolute atomic E-state index is 0.0139. The number of carbonyl (C=O) groups excluding carboxylic acids is 1. The van der Waals surface area contributed by atoms with Crippen molar-refractivity contribution >= 4 is 49.8 Å². The Morgan fingerprint density at radius 2 is 1.76 bits per heavy atom. The molecule has 1 aliphatic rings. The lowest BCUT2D eigenvalue weighted by Gasteiger charge is -2.27. The number of benzene rings is 3. The minimum Gasteiger partial charge on any atom is -0.497 e. The SMILES string of the molecule is COc1ccc2ccc(S(=O)(=O)N(Cc3ccccc3)[C@H]3CCN(Cc4ccc(C(=N)N)s4)C3=O)cc2c1.O=C(O)C(F)(F)F. The number of alkyl halides is 3. The molecule has 0 bridgehead atoms. The first kappa shape index (κ1) is 33.4. The molecule has 4 N–H and O–H groups in total. The number of nitrogens with zero attached hydrogens (tertiary/aromatic N) is 2.